The van der Waals surface area contributed by atoms with Gasteiger partial charge in [0.2, 0.25) is 0 Å². The molecule has 2 N–H and O–H groups in total. The first-order valence-electron chi connectivity index (χ1n) is 10.0. The molecule has 4 rings (SSSR count). The van der Waals surface area contributed by atoms with E-state index >= 15 is 0 Å². The average molecular weight is 484 g/mol. The summed E-state index contributed by atoms with van der Waals surface area (Å²) in [6, 6.07) is 18.9. The highest BCUT2D eigenvalue weighted by Crippen LogP contribution is 2.34. The number of rotatable bonds is 6. The number of benzene rings is 3. The van der Waals surface area contributed by atoms with Crippen LogP contribution in [0.4, 0.5) is 11.4 Å². The molecule has 0 unspecified atom stereocenters. The summed E-state index contributed by atoms with van der Waals surface area (Å²) in [5.74, 6) is -0.0571. The predicted molar refractivity (Wildman–Crippen MR) is 130 cm³/mol. The number of fused-ring (bicyclic) bond motifs is 1. The molecule has 0 saturated carbocycles. The third-order valence-electron chi connectivity index (χ3n) is 5.25. The van der Waals surface area contributed by atoms with Crippen molar-refractivity contribution >= 4 is 49.8 Å². The number of methoxy groups -OCH3 is 1. The molecule has 3 aromatic carbocycles. The molecule has 170 valence electrons. The maximum Gasteiger partial charge on any atom is 0.281 e. The molecule has 1 aromatic heterocycles. The number of halogens is 1. The summed E-state index contributed by atoms with van der Waals surface area (Å²) >= 11 is 6.43. The number of carbonyl (C=O) groups is 1. The Bertz CT molecular complexity index is 1480. The molecule has 7 nitrogen and oxygen atoms in total. The third-order valence-corrected chi connectivity index (χ3v) is 6.89. The van der Waals surface area contributed by atoms with E-state index in [0.29, 0.717) is 27.4 Å². The van der Waals surface area contributed by atoms with E-state index in [-0.39, 0.29) is 10.6 Å². The van der Waals surface area contributed by atoms with Gasteiger partial charge in [-0.25, -0.2) is 13.1 Å². The fourth-order valence-corrected chi connectivity index (χ4v) is 4.98. The number of amides is 1. The molecule has 0 atom stereocenters. The number of aryl methyl sites for hydroxylation is 2. The smallest absolute Gasteiger partial charge is 0.281 e. The monoisotopic (exact) mass is 483 g/mol. The summed E-state index contributed by atoms with van der Waals surface area (Å²) in [6.07, 6.45) is 0. The maximum atomic E-state index is 13.0. The van der Waals surface area contributed by atoms with E-state index in [0.717, 1.165) is 11.3 Å². The van der Waals surface area contributed by atoms with Crippen molar-refractivity contribution in [1.82, 2.24) is 9.29 Å². The third kappa shape index (κ3) is 4.53. The van der Waals surface area contributed by atoms with E-state index in [9.17, 15) is 13.2 Å². The molecule has 0 aliphatic heterocycles. The molecule has 0 radical (unpaired) electrons. The van der Waals surface area contributed by atoms with E-state index in [1.165, 1.54) is 12.1 Å². The Kier molecular flexibility index (Phi) is 6.05. The van der Waals surface area contributed by atoms with Crippen molar-refractivity contribution in [3.63, 3.8) is 0 Å². The normalized spacial score (nSPS) is 11.4. The Hall–Kier alpha value is -3.49. The van der Waals surface area contributed by atoms with Crippen LogP contribution in [0.5, 0.6) is 5.75 Å². The summed E-state index contributed by atoms with van der Waals surface area (Å²) in [4.78, 5) is 13.0. The SMILES string of the molecule is COc1cccc(Nc2ccc(Cl)c3c2cc(C(=O)NS(=O)(=O)c2cccc(C)c2)n3C)c1. The van der Waals surface area contributed by atoms with Crippen LogP contribution >= 0.6 is 11.6 Å². The second-order valence-electron chi connectivity index (χ2n) is 7.55. The molecule has 0 fully saturated rings. The van der Waals surface area contributed by atoms with Gasteiger partial charge in [0.1, 0.15) is 11.4 Å². The van der Waals surface area contributed by atoms with Gasteiger partial charge in [-0.1, -0.05) is 29.8 Å². The molecule has 0 spiro atoms. The maximum absolute atomic E-state index is 13.0. The Labute approximate surface area is 197 Å². The molecule has 1 amide bonds. The van der Waals surface area contributed by atoms with Gasteiger partial charge >= 0.3 is 0 Å². The minimum absolute atomic E-state index is 0.0213. The van der Waals surface area contributed by atoms with Gasteiger partial charge in [-0.05, 0) is 55.0 Å². The van der Waals surface area contributed by atoms with E-state index in [2.05, 4.69) is 10.0 Å². The van der Waals surface area contributed by atoms with E-state index in [1.807, 2.05) is 24.3 Å². The number of aromatic nitrogens is 1. The lowest BCUT2D eigenvalue weighted by Crippen LogP contribution is -2.31. The van der Waals surface area contributed by atoms with Crippen LogP contribution in [0.2, 0.25) is 5.02 Å². The van der Waals surface area contributed by atoms with Crippen LogP contribution in [0.1, 0.15) is 16.1 Å². The summed E-state index contributed by atoms with van der Waals surface area (Å²) < 4.78 is 34.5. The molecule has 0 aliphatic carbocycles. The number of hydrogen-bond donors (Lipinski definition) is 2. The summed E-state index contributed by atoms with van der Waals surface area (Å²) in [5, 5.41) is 4.41. The van der Waals surface area contributed by atoms with Crippen molar-refractivity contribution < 1.29 is 17.9 Å². The number of nitrogens with zero attached hydrogens (tertiary/aromatic N) is 1. The lowest BCUT2D eigenvalue weighted by Gasteiger charge is -2.11. The largest absolute Gasteiger partial charge is 0.497 e. The Morgan fingerprint density at radius 3 is 2.52 bits per heavy atom. The van der Waals surface area contributed by atoms with Crippen molar-refractivity contribution in [3.05, 3.63) is 83.0 Å². The van der Waals surface area contributed by atoms with Crippen LogP contribution < -0.4 is 14.8 Å². The number of nitrogens with one attached hydrogen (secondary N) is 2. The molecular weight excluding hydrogens is 462 g/mol. The summed E-state index contributed by atoms with van der Waals surface area (Å²) in [7, 11) is -0.782. The van der Waals surface area contributed by atoms with E-state index in [1.54, 1.807) is 56.0 Å². The van der Waals surface area contributed by atoms with Gasteiger partial charge in [-0.3, -0.25) is 4.79 Å². The van der Waals surface area contributed by atoms with Crippen molar-refractivity contribution in [2.75, 3.05) is 12.4 Å². The molecule has 9 heteroatoms. The highest BCUT2D eigenvalue weighted by atomic mass is 35.5. The van der Waals surface area contributed by atoms with Crippen molar-refractivity contribution in [3.8, 4) is 5.75 Å². The Morgan fingerprint density at radius 1 is 1.03 bits per heavy atom. The molecule has 0 saturated heterocycles. The second-order valence-corrected chi connectivity index (χ2v) is 9.64. The second kappa shape index (κ2) is 8.80. The molecule has 1 heterocycles. The van der Waals surface area contributed by atoms with Crippen LogP contribution in [-0.4, -0.2) is 26.0 Å². The lowest BCUT2D eigenvalue weighted by atomic mass is 10.2. The zero-order valence-corrected chi connectivity index (χ0v) is 19.8. The molecule has 4 aromatic rings. The quantitative estimate of drug-likeness (QED) is 0.402. The standard InChI is InChI=1S/C24H22ClN3O4S/c1-15-6-4-9-18(12-15)33(30,31)27-24(29)22-14-19-21(11-10-20(25)23(19)28(22)2)26-16-7-5-8-17(13-16)32-3/h4-14,26H,1-3H3,(H,27,29). The zero-order valence-electron chi connectivity index (χ0n) is 18.2. The van der Waals surface area contributed by atoms with Gasteiger partial charge in [-0.15, -0.1) is 0 Å². The van der Waals surface area contributed by atoms with Gasteiger partial charge in [-0.2, -0.15) is 0 Å². The van der Waals surface area contributed by atoms with Crippen LogP contribution in [0.3, 0.4) is 0 Å². The number of ether oxygens (including phenoxy) is 1. The van der Waals surface area contributed by atoms with Crippen molar-refractivity contribution in [2.45, 2.75) is 11.8 Å². The topological polar surface area (TPSA) is 89.4 Å². The van der Waals surface area contributed by atoms with Crippen molar-refractivity contribution in [2.24, 2.45) is 7.05 Å². The van der Waals surface area contributed by atoms with Crippen LogP contribution in [0, 0.1) is 6.92 Å². The van der Waals surface area contributed by atoms with Gasteiger partial charge in [0.05, 0.1) is 22.5 Å². The number of hydrogen-bond acceptors (Lipinski definition) is 5. The highest BCUT2D eigenvalue weighted by molar-refractivity contribution is 7.90. The number of carbonyl (C=O) groups excluding carboxylic acids is 1. The Balaban J connectivity index is 1.72. The first kappa shape index (κ1) is 22.7. The first-order chi connectivity index (χ1) is 15.7. The molecule has 0 bridgehead atoms. The summed E-state index contributed by atoms with van der Waals surface area (Å²) in [5.41, 5.74) is 3.02. The zero-order chi connectivity index (χ0) is 23.8. The van der Waals surface area contributed by atoms with Gasteiger partial charge in [0.25, 0.3) is 15.9 Å². The van der Waals surface area contributed by atoms with Crippen LogP contribution in [0.15, 0.2) is 71.6 Å². The lowest BCUT2D eigenvalue weighted by molar-refractivity contribution is 0.0974. The molecule has 0 aliphatic rings. The fraction of sp³-hybridized carbons (Fsp3) is 0.125. The Morgan fingerprint density at radius 2 is 1.79 bits per heavy atom. The van der Waals surface area contributed by atoms with Crippen molar-refractivity contribution in [1.29, 1.82) is 0 Å². The molecule has 33 heavy (non-hydrogen) atoms. The van der Waals surface area contributed by atoms with Gasteiger partial charge in [0, 0.05) is 29.9 Å². The van der Waals surface area contributed by atoms with E-state index in [4.69, 9.17) is 16.3 Å². The predicted octanol–water partition coefficient (Wildman–Crippen LogP) is 5.01. The minimum atomic E-state index is -4.04. The minimum Gasteiger partial charge on any atom is -0.497 e. The number of anilines is 2. The highest BCUT2D eigenvalue weighted by Gasteiger charge is 2.23. The van der Waals surface area contributed by atoms with E-state index < -0.39 is 15.9 Å². The average Bonchev–Trinajstić information content (AvgIpc) is 3.14. The first-order valence-corrected chi connectivity index (χ1v) is 11.9. The van der Waals surface area contributed by atoms with Gasteiger partial charge in [0.15, 0.2) is 0 Å². The van der Waals surface area contributed by atoms with Crippen LogP contribution in [-0.2, 0) is 17.1 Å². The van der Waals surface area contributed by atoms with Crippen LogP contribution in [0.25, 0.3) is 10.9 Å². The molecular formula is C24H22ClN3O4S. The van der Waals surface area contributed by atoms with Gasteiger partial charge < -0.3 is 14.6 Å². The fourth-order valence-electron chi connectivity index (χ4n) is 3.62. The number of sulfonamides is 1. The summed E-state index contributed by atoms with van der Waals surface area (Å²) in [6.45, 7) is 1.78.